The van der Waals surface area contributed by atoms with E-state index in [4.69, 9.17) is 4.74 Å². The van der Waals surface area contributed by atoms with E-state index in [1.165, 1.54) is 0 Å². The molecule has 1 fully saturated rings. The number of hydrogen-bond acceptors (Lipinski definition) is 3. The molecule has 3 rings (SSSR count). The number of aromatic amines is 1. The minimum Gasteiger partial charge on any atom is -0.378 e. The molecule has 4 nitrogen and oxygen atoms in total. The van der Waals surface area contributed by atoms with Gasteiger partial charge in [0.25, 0.3) is 0 Å². The highest BCUT2D eigenvalue weighted by Crippen LogP contribution is 2.26. The lowest BCUT2D eigenvalue weighted by molar-refractivity contribution is 0.0879. The summed E-state index contributed by atoms with van der Waals surface area (Å²) in [6, 6.07) is 1.87. The van der Waals surface area contributed by atoms with Crippen molar-refractivity contribution < 1.29 is 9.53 Å². The van der Waals surface area contributed by atoms with Gasteiger partial charge in [-0.05, 0) is 19.4 Å². The summed E-state index contributed by atoms with van der Waals surface area (Å²) in [5, 5.41) is 0.900. The molecule has 3 heterocycles. The number of aromatic nitrogens is 2. The minimum absolute atomic E-state index is 0.00999. The number of nitrogens with zero attached hydrogens (tertiary/aromatic N) is 1. The van der Waals surface area contributed by atoms with E-state index in [9.17, 15) is 4.79 Å². The Hall–Kier alpha value is -1.68. The van der Waals surface area contributed by atoms with Crippen LogP contribution in [0.25, 0.3) is 10.9 Å². The van der Waals surface area contributed by atoms with Crippen molar-refractivity contribution in [3.63, 3.8) is 0 Å². The molecule has 0 aliphatic carbocycles. The van der Waals surface area contributed by atoms with Crippen LogP contribution < -0.4 is 0 Å². The third-order valence-corrected chi connectivity index (χ3v) is 3.32. The van der Waals surface area contributed by atoms with Gasteiger partial charge < -0.3 is 9.72 Å². The number of nitrogens with one attached hydrogen (secondary N) is 1. The zero-order chi connectivity index (χ0) is 11.8. The molecule has 1 aliphatic heterocycles. The molecule has 2 aromatic heterocycles. The number of fused-ring (bicyclic) bond motifs is 1. The maximum Gasteiger partial charge on any atom is 0.170 e. The summed E-state index contributed by atoms with van der Waals surface area (Å²) in [5.41, 5.74) is 1.69. The van der Waals surface area contributed by atoms with E-state index in [1.807, 2.05) is 13.0 Å². The summed E-state index contributed by atoms with van der Waals surface area (Å²) in [5.74, 6) is 0.151. The molecule has 2 aromatic rings. The molecule has 2 atom stereocenters. The van der Waals surface area contributed by atoms with Gasteiger partial charge in [0, 0.05) is 41.0 Å². The maximum atomic E-state index is 12.3. The van der Waals surface area contributed by atoms with Gasteiger partial charge >= 0.3 is 0 Å². The van der Waals surface area contributed by atoms with Gasteiger partial charge in [-0.3, -0.25) is 9.78 Å². The standard InChI is InChI=1S/C13H14N2O2/c1-8-4-9(7-17-8)13(16)11-6-15-12-2-3-14-5-10(11)12/h2-3,5-6,8-9,15H,4,7H2,1H3. The fraction of sp³-hybridized carbons (Fsp3) is 0.385. The molecule has 1 aliphatic rings. The average molecular weight is 230 g/mol. The van der Waals surface area contributed by atoms with Gasteiger partial charge in [0.2, 0.25) is 0 Å². The van der Waals surface area contributed by atoms with Crippen molar-refractivity contribution in [3.8, 4) is 0 Å². The lowest BCUT2D eigenvalue weighted by Gasteiger charge is -2.04. The summed E-state index contributed by atoms with van der Waals surface area (Å²) >= 11 is 0. The van der Waals surface area contributed by atoms with Crippen LogP contribution in [-0.2, 0) is 4.74 Å². The highest BCUT2D eigenvalue weighted by molar-refractivity contribution is 6.08. The summed E-state index contributed by atoms with van der Waals surface area (Å²) < 4.78 is 5.45. The van der Waals surface area contributed by atoms with Crippen LogP contribution in [-0.4, -0.2) is 28.5 Å². The van der Waals surface area contributed by atoms with Crippen LogP contribution in [0.1, 0.15) is 23.7 Å². The zero-order valence-electron chi connectivity index (χ0n) is 9.64. The summed E-state index contributed by atoms with van der Waals surface area (Å²) in [7, 11) is 0. The first kappa shape index (κ1) is 10.5. The Morgan fingerprint density at radius 3 is 3.24 bits per heavy atom. The third kappa shape index (κ3) is 1.74. The smallest absolute Gasteiger partial charge is 0.170 e. The average Bonchev–Trinajstić information content (AvgIpc) is 2.94. The van der Waals surface area contributed by atoms with Crippen molar-refractivity contribution >= 4 is 16.7 Å². The van der Waals surface area contributed by atoms with Crippen LogP contribution in [0.5, 0.6) is 0 Å². The van der Waals surface area contributed by atoms with Gasteiger partial charge in [-0.1, -0.05) is 0 Å². The highest BCUT2D eigenvalue weighted by Gasteiger charge is 2.30. The van der Waals surface area contributed by atoms with Gasteiger partial charge in [0.15, 0.2) is 5.78 Å². The van der Waals surface area contributed by atoms with Crippen molar-refractivity contribution in [2.75, 3.05) is 6.61 Å². The normalized spacial score (nSPS) is 24.3. The van der Waals surface area contributed by atoms with E-state index >= 15 is 0 Å². The van der Waals surface area contributed by atoms with Crippen LogP contribution in [0.4, 0.5) is 0 Å². The van der Waals surface area contributed by atoms with Crippen LogP contribution in [0, 0.1) is 5.92 Å². The predicted molar refractivity (Wildman–Crippen MR) is 63.9 cm³/mol. The Morgan fingerprint density at radius 2 is 2.47 bits per heavy atom. The number of H-pyrrole nitrogens is 1. The van der Waals surface area contributed by atoms with Crippen molar-refractivity contribution in [1.82, 2.24) is 9.97 Å². The fourth-order valence-electron chi connectivity index (χ4n) is 2.39. The van der Waals surface area contributed by atoms with Gasteiger partial charge in [-0.15, -0.1) is 0 Å². The third-order valence-electron chi connectivity index (χ3n) is 3.32. The number of ether oxygens (including phenoxy) is 1. The Kier molecular flexibility index (Phi) is 2.44. The minimum atomic E-state index is -0.00999. The second-order valence-corrected chi connectivity index (χ2v) is 4.56. The lowest BCUT2D eigenvalue weighted by atomic mass is 9.95. The van der Waals surface area contributed by atoms with E-state index in [-0.39, 0.29) is 17.8 Å². The molecule has 0 saturated carbocycles. The number of ketones is 1. The number of rotatable bonds is 2. The van der Waals surface area contributed by atoms with Gasteiger partial charge in [0.1, 0.15) is 0 Å². The molecule has 0 radical (unpaired) electrons. The largest absolute Gasteiger partial charge is 0.378 e. The van der Waals surface area contributed by atoms with E-state index in [0.29, 0.717) is 6.61 Å². The first-order valence-electron chi connectivity index (χ1n) is 5.82. The molecule has 1 saturated heterocycles. The summed E-state index contributed by atoms with van der Waals surface area (Å²) in [6.07, 6.45) is 6.22. The van der Waals surface area contributed by atoms with Crippen molar-refractivity contribution in [3.05, 3.63) is 30.2 Å². The van der Waals surface area contributed by atoms with Crippen molar-refractivity contribution in [2.45, 2.75) is 19.4 Å². The number of carbonyl (C=O) groups is 1. The molecule has 4 heteroatoms. The fourth-order valence-corrected chi connectivity index (χ4v) is 2.39. The quantitative estimate of drug-likeness (QED) is 0.804. The predicted octanol–water partition coefficient (Wildman–Crippen LogP) is 2.17. The first-order chi connectivity index (χ1) is 8.25. The van der Waals surface area contributed by atoms with Crippen LogP contribution in [0.3, 0.4) is 0 Å². The van der Waals surface area contributed by atoms with Crippen molar-refractivity contribution in [1.29, 1.82) is 0 Å². The Labute approximate surface area is 99.0 Å². The number of Topliss-reactive ketones (excluding diaryl/α,β-unsaturated/α-hetero) is 1. The van der Waals surface area contributed by atoms with E-state index < -0.39 is 0 Å². The van der Waals surface area contributed by atoms with Crippen LogP contribution >= 0.6 is 0 Å². The molecule has 0 spiro atoms. The Bertz CT molecular complexity index is 561. The number of carbonyl (C=O) groups excluding carboxylic acids is 1. The molecular weight excluding hydrogens is 216 g/mol. The molecule has 2 unspecified atom stereocenters. The van der Waals surface area contributed by atoms with Crippen molar-refractivity contribution in [2.24, 2.45) is 5.92 Å². The number of hydrogen-bond donors (Lipinski definition) is 1. The van der Waals surface area contributed by atoms with Crippen LogP contribution in [0.15, 0.2) is 24.7 Å². The highest BCUT2D eigenvalue weighted by atomic mass is 16.5. The van der Waals surface area contributed by atoms with E-state index in [0.717, 1.165) is 22.9 Å². The van der Waals surface area contributed by atoms with Gasteiger partial charge in [0.05, 0.1) is 12.7 Å². The zero-order valence-corrected chi connectivity index (χ0v) is 9.64. The monoisotopic (exact) mass is 230 g/mol. The Morgan fingerprint density at radius 1 is 1.59 bits per heavy atom. The molecule has 0 bridgehead atoms. The number of pyridine rings is 1. The van der Waals surface area contributed by atoms with Gasteiger partial charge in [-0.25, -0.2) is 0 Å². The molecule has 0 amide bonds. The molecule has 17 heavy (non-hydrogen) atoms. The van der Waals surface area contributed by atoms with E-state index in [1.54, 1.807) is 18.6 Å². The molecular formula is C13H14N2O2. The molecule has 0 aromatic carbocycles. The Balaban J connectivity index is 1.96. The van der Waals surface area contributed by atoms with Gasteiger partial charge in [-0.2, -0.15) is 0 Å². The molecule has 88 valence electrons. The van der Waals surface area contributed by atoms with E-state index in [2.05, 4.69) is 9.97 Å². The van der Waals surface area contributed by atoms with Crippen LogP contribution in [0.2, 0.25) is 0 Å². The maximum absolute atomic E-state index is 12.3. The second-order valence-electron chi connectivity index (χ2n) is 4.56. The first-order valence-corrected chi connectivity index (χ1v) is 5.82. The topological polar surface area (TPSA) is 55.0 Å². The second kappa shape index (κ2) is 3.96. The summed E-state index contributed by atoms with van der Waals surface area (Å²) in [6.45, 7) is 2.54. The lowest BCUT2D eigenvalue weighted by Crippen LogP contribution is -2.14. The SMILES string of the molecule is CC1CC(C(=O)c2c[nH]c3ccncc23)CO1. The molecule has 1 N–H and O–H groups in total. The summed E-state index contributed by atoms with van der Waals surface area (Å²) in [4.78, 5) is 19.5.